The van der Waals surface area contributed by atoms with E-state index in [-0.39, 0.29) is 22.8 Å². The Bertz CT molecular complexity index is 1110. The number of nitrogens with zero attached hydrogens (tertiary/aromatic N) is 2. The smallest absolute Gasteiger partial charge is 0.256 e. The Morgan fingerprint density at radius 1 is 1.29 bits per heavy atom. The number of amides is 1. The van der Waals surface area contributed by atoms with Crippen LogP contribution in [0, 0.1) is 16.3 Å². The molecule has 0 saturated carbocycles. The first-order valence-corrected chi connectivity index (χ1v) is 9.20. The average Bonchev–Trinajstić information content (AvgIpc) is 2.63. The summed E-state index contributed by atoms with van der Waals surface area (Å²) in [6.07, 6.45) is 1.46. The van der Waals surface area contributed by atoms with Crippen LogP contribution in [0.3, 0.4) is 0 Å². The van der Waals surface area contributed by atoms with Crippen LogP contribution in [-0.4, -0.2) is 15.5 Å². The molecule has 144 valence electrons. The van der Waals surface area contributed by atoms with Crippen molar-refractivity contribution in [3.8, 4) is 11.5 Å². The topological polar surface area (TPSA) is 99.2 Å². The van der Waals surface area contributed by atoms with Crippen LogP contribution in [0.2, 0.25) is 0 Å². The van der Waals surface area contributed by atoms with Gasteiger partial charge in [-0.25, -0.2) is 4.39 Å². The van der Waals surface area contributed by atoms with Gasteiger partial charge < -0.3 is 15.8 Å². The molecule has 0 radical (unpaired) electrons. The van der Waals surface area contributed by atoms with Crippen LogP contribution in [0.4, 0.5) is 15.9 Å². The zero-order valence-corrected chi connectivity index (χ0v) is 17.2. The number of hydrogen-bond donors (Lipinski definition) is 2. The van der Waals surface area contributed by atoms with Crippen molar-refractivity contribution in [1.29, 1.82) is 0 Å². The van der Waals surface area contributed by atoms with Crippen LogP contribution in [-0.2, 0) is 7.05 Å². The molecule has 9 heteroatoms. The van der Waals surface area contributed by atoms with Gasteiger partial charge in [-0.2, -0.15) is 0 Å². The number of ether oxygens (including phenoxy) is 1. The van der Waals surface area contributed by atoms with E-state index in [4.69, 9.17) is 10.5 Å². The molecule has 7 nitrogen and oxygen atoms in total. The van der Waals surface area contributed by atoms with E-state index in [1.165, 1.54) is 25.4 Å². The van der Waals surface area contributed by atoms with Gasteiger partial charge in [-0.05, 0) is 59.8 Å². The predicted molar refractivity (Wildman–Crippen MR) is 112 cm³/mol. The molecule has 1 amide bonds. The van der Waals surface area contributed by atoms with Gasteiger partial charge in [-0.15, -0.1) is 0 Å². The molecule has 0 saturated heterocycles. The Morgan fingerprint density at radius 3 is 2.64 bits per heavy atom. The number of pyridine rings is 2. The molecular formula is C19H16FIN4O3. The van der Waals surface area contributed by atoms with Crippen molar-refractivity contribution in [1.82, 2.24) is 9.55 Å². The predicted octanol–water partition coefficient (Wildman–Crippen LogP) is 3.47. The van der Waals surface area contributed by atoms with E-state index in [0.29, 0.717) is 9.32 Å². The molecule has 0 spiro atoms. The molecule has 3 rings (SSSR count). The van der Waals surface area contributed by atoms with Gasteiger partial charge in [0, 0.05) is 22.4 Å². The number of halogens is 2. The summed E-state index contributed by atoms with van der Waals surface area (Å²) < 4.78 is 21.8. The minimum absolute atomic E-state index is 0.0233. The lowest BCUT2D eigenvalue weighted by Crippen LogP contribution is -2.25. The van der Waals surface area contributed by atoms with Gasteiger partial charge in [0.25, 0.3) is 11.5 Å². The van der Waals surface area contributed by atoms with Crippen LogP contribution in [0.15, 0.2) is 47.4 Å². The molecule has 0 aliphatic rings. The number of rotatable bonds is 5. The summed E-state index contributed by atoms with van der Waals surface area (Å²) in [6, 6.07) is 9.03. The number of hydrogen-bond acceptors (Lipinski definition) is 5. The lowest BCUT2D eigenvalue weighted by atomic mass is 10.2. The molecular weight excluding hydrogens is 478 g/mol. The normalized spacial score (nSPS) is 10.6. The number of aryl methyl sites for hydroxylation is 1. The van der Waals surface area contributed by atoms with Gasteiger partial charge in [0.2, 0.25) is 0 Å². The molecule has 3 N–H and O–H groups in total. The first-order chi connectivity index (χ1) is 13.3. The summed E-state index contributed by atoms with van der Waals surface area (Å²) in [7, 11) is 1.44. The third-order valence-electron chi connectivity index (χ3n) is 3.95. The number of aromatic nitrogens is 2. The van der Waals surface area contributed by atoms with Gasteiger partial charge in [0.05, 0.1) is 11.9 Å². The minimum Gasteiger partial charge on any atom is -0.455 e. The van der Waals surface area contributed by atoms with Gasteiger partial charge >= 0.3 is 0 Å². The van der Waals surface area contributed by atoms with E-state index < -0.39 is 17.3 Å². The van der Waals surface area contributed by atoms with E-state index in [1.807, 2.05) is 29.5 Å². The van der Waals surface area contributed by atoms with Gasteiger partial charge in [-0.3, -0.25) is 19.1 Å². The van der Waals surface area contributed by atoms with Crippen molar-refractivity contribution in [2.45, 2.75) is 6.92 Å². The Labute approximate surface area is 173 Å². The van der Waals surface area contributed by atoms with E-state index in [1.54, 1.807) is 18.2 Å². The van der Waals surface area contributed by atoms with Crippen LogP contribution in [0.1, 0.15) is 16.1 Å². The van der Waals surface area contributed by atoms with Gasteiger partial charge in [0.1, 0.15) is 28.7 Å². The molecule has 2 heterocycles. The third kappa shape index (κ3) is 4.14. The fraction of sp³-hybridized carbons (Fsp3) is 0.105. The van der Waals surface area contributed by atoms with Crippen molar-refractivity contribution < 1.29 is 13.9 Å². The third-order valence-corrected chi connectivity index (χ3v) is 4.62. The van der Waals surface area contributed by atoms with Crippen molar-refractivity contribution in [3.05, 3.63) is 73.6 Å². The molecule has 0 aliphatic heterocycles. The fourth-order valence-corrected chi connectivity index (χ4v) is 2.95. The van der Waals surface area contributed by atoms with Crippen molar-refractivity contribution in [2.24, 2.45) is 12.8 Å². The van der Waals surface area contributed by atoms with Crippen molar-refractivity contribution in [2.75, 3.05) is 5.32 Å². The Hall–Kier alpha value is -2.95. The number of primary amides is 1. The minimum atomic E-state index is -0.834. The second kappa shape index (κ2) is 7.97. The highest BCUT2D eigenvalue weighted by Gasteiger charge is 2.21. The van der Waals surface area contributed by atoms with E-state index in [2.05, 4.69) is 10.3 Å². The number of benzene rings is 1. The number of nitrogens with two attached hydrogens (primary N) is 1. The monoisotopic (exact) mass is 494 g/mol. The van der Waals surface area contributed by atoms with Crippen molar-refractivity contribution >= 4 is 40.0 Å². The van der Waals surface area contributed by atoms with Crippen LogP contribution in [0.25, 0.3) is 0 Å². The summed E-state index contributed by atoms with van der Waals surface area (Å²) in [5.41, 5.74) is 5.87. The summed E-state index contributed by atoms with van der Waals surface area (Å²) in [4.78, 5) is 28.7. The number of carbonyl (C=O) groups excluding carboxylic acids is 1. The van der Waals surface area contributed by atoms with Crippen LogP contribution < -0.4 is 21.3 Å². The zero-order valence-electron chi connectivity index (χ0n) is 15.0. The highest BCUT2D eigenvalue weighted by molar-refractivity contribution is 14.1. The largest absolute Gasteiger partial charge is 0.455 e. The SMILES string of the molecule is Cc1ccc(Oc2cc(=O)n(C)c(Nc3ccc(I)cc3F)c2C(N)=O)cn1. The molecule has 28 heavy (non-hydrogen) atoms. The summed E-state index contributed by atoms with van der Waals surface area (Å²) in [5, 5.41) is 2.78. The highest BCUT2D eigenvalue weighted by atomic mass is 127. The van der Waals surface area contributed by atoms with E-state index in [0.717, 1.165) is 16.3 Å². The fourth-order valence-electron chi connectivity index (χ4n) is 2.50. The molecule has 1 aromatic carbocycles. The Kier molecular flexibility index (Phi) is 5.63. The number of anilines is 2. The molecule has 0 atom stereocenters. The number of carbonyl (C=O) groups is 1. The summed E-state index contributed by atoms with van der Waals surface area (Å²) >= 11 is 1.98. The molecule has 0 fully saturated rings. The molecule has 0 unspecified atom stereocenters. The maximum atomic E-state index is 14.3. The summed E-state index contributed by atoms with van der Waals surface area (Å²) in [6.45, 7) is 1.81. The maximum absolute atomic E-state index is 14.3. The lowest BCUT2D eigenvalue weighted by molar-refractivity contribution is 0.0998. The Balaban J connectivity index is 2.12. The summed E-state index contributed by atoms with van der Waals surface area (Å²) in [5.74, 6) is -1.07. The average molecular weight is 494 g/mol. The zero-order chi connectivity index (χ0) is 20.4. The standard InChI is InChI=1S/C19H16FIN4O3/c1-10-3-5-12(9-23-10)28-15-8-16(26)25(2)19(17(15)18(22)27)24-14-6-4-11(21)7-13(14)20/h3-9,24H,1-2H3,(H2,22,27). The molecule has 3 aromatic rings. The second-order valence-electron chi connectivity index (χ2n) is 5.98. The van der Waals surface area contributed by atoms with Crippen LogP contribution in [0.5, 0.6) is 11.5 Å². The number of nitrogens with one attached hydrogen (secondary N) is 1. The van der Waals surface area contributed by atoms with E-state index >= 15 is 0 Å². The molecule has 0 aliphatic carbocycles. The maximum Gasteiger partial charge on any atom is 0.256 e. The first kappa shape index (κ1) is 19.8. The Morgan fingerprint density at radius 2 is 2.04 bits per heavy atom. The van der Waals surface area contributed by atoms with Crippen LogP contribution >= 0.6 is 22.6 Å². The highest BCUT2D eigenvalue weighted by Crippen LogP contribution is 2.31. The lowest BCUT2D eigenvalue weighted by Gasteiger charge is -2.18. The van der Waals surface area contributed by atoms with Crippen molar-refractivity contribution in [3.63, 3.8) is 0 Å². The molecule has 2 aromatic heterocycles. The first-order valence-electron chi connectivity index (χ1n) is 8.12. The van der Waals surface area contributed by atoms with E-state index in [9.17, 15) is 14.0 Å². The van der Waals surface area contributed by atoms with Gasteiger partial charge in [0.15, 0.2) is 0 Å². The molecule has 0 bridgehead atoms. The second-order valence-corrected chi connectivity index (χ2v) is 7.23. The quantitative estimate of drug-likeness (QED) is 0.530. The van der Waals surface area contributed by atoms with Gasteiger partial charge in [-0.1, -0.05) is 0 Å².